The molecule has 4 nitrogen and oxygen atoms in total. The van der Waals surface area contributed by atoms with Gasteiger partial charge in [0.15, 0.2) is 4.87 Å². The number of benzene rings is 1. The number of nitrogens with zero attached hydrogens (tertiary/aromatic N) is 2. The number of rotatable bonds is 4. The number of pyridine rings is 1. The first-order valence-electron chi connectivity index (χ1n) is 6.25. The highest BCUT2D eigenvalue weighted by molar-refractivity contribution is 6.35. The molecule has 1 atom stereocenters. The second-order valence-electron chi connectivity index (χ2n) is 4.91. The van der Waals surface area contributed by atoms with Crippen LogP contribution in [0.3, 0.4) is 0 Å². The Morgan fingerprint density at radius 3 is 2.70 bits per heavy atom. The highest BCUT2D eigenvalue weighted by Gasteiger charge is 2.41. The molecule has 5 heteroatoms. The summed E-state index contributed by atoms with van der Waals surface area (Å²) < 4.78 is 4.89. The van der Waals surface area contributed by atoms with Crippen molar-refractivity contribution in [2.24, 2.45) is 0 Å². The summed E-state index contributed by atoms with van der Waals surface area (Å²) in [5, 5.41) is 0.942. The van der Waals surface area contributed by atoms with Gasteiger partial charge in [-0.15, -0.1) is 0 Å². The molecule has 0 aliphatic heterocycles. The Morgan fingerprint density at radius 2 is 2.05 bits per heavy atom. The Labute approximate surface area is 123 Å². The normalized spacial score (nSPS) is 14.2. The van der Waals surface area contributed by atoms with E-state index in [4.69, 9.17) is 16.3 Å². The average Bonchev–Trinajstić information content (AvgIpc) is 2.44. The Hall–Kier alpha value is -1.65. The van der Waals surface area contributed by atoms with E-state index >= 15 is 0 Å². The molecule has 2 rings (SSSR count). The van der Waals surface area contributed by atoms with Crippen LogP contribution in [0, 0.1) is 0 Å². The van der Waals surface area contributed by atoms with Crippen LogP contribution in [0.1, 0.15) is 5.56 Å². The van der Waals surface area contributed by atoms with Crippen molar-refractivity contribution in [3.8, 4) is 0 Å². The quantitative estimate of drug-likeness (QED) is 0.641. The van der Waals surface area contributed by atoms with Crippen LogP contribution in [-0.2, 0) is 14.4 Å². The molecule has 2 aromatic rings. The number of methoxy groups -OCH3 is 1. The van der Waals surface area contributed by atoms with Crippen molar-refractivity contribution in [3.63, 3.8) is 0 Å². The van der Waals surface area contributed by atoms with Crippen molar-refractivity contribution in [2.75, 3.05) is 27.7 Å². The summed E-state index contributed by atoms with van der Waals surface area (Å²) in [6.45, 7) is 0.330. The molecular weight excluding hydrogens is 276 g/mol. The van der Waals surface area contributed by atoms with Gasteiger partial charge in [0, 0.05) is 23.7 Å². The molecule has 0 fully saturated rings. The largest absolute Gasteiger partial charge is 0.467 e. The Balaban J connectivity index is 2.65. The van der Waals surface area contributed by atoms with Crippen LogP contribution < -0.4 is 0 Å². The van der Waals surface area contributed by atoms with E-state index in [1.807, 2.05) is 49.3 Å². The van der Waals surface area contributed by atoms with Crippen molar-refractivity contribution >= 4 is 28.5 Å². The minimum absolute atomic E-state index is 0.330. The molecule has 1 aromatic carbocycles. The molecule has 106 valence electrons. The summed E-state index contributed by atoms with van der Waals surface area (Å²) in [6.07, 6.45) is 1.69. The van der Waals surface area contributed by atoms with Gasteiger partial charge in [-0.05, 0) is 20.2 Å². The predicted octanol–water partition coefficient (Wildman–Crippen LogP) is 2.40. The lowest BCUT2D eigenvalue weighted by atomic mass is 9.95. The first kappa shape index (κ1) is 14.8. The van der Waals surface area contributed by atoms with E-state index in [1.165, 1.54) is 7.11 Å². The Kier molecular flexibility index (Phi) is 4.26. The second-order valence-corrected chi connectivity index (χ2v) is 5.56. The summed E-state index contributed by atoms with van der Waals surface area (Å²) in [5.74, 6) is -0.481. The highest BCUT2D eigenvalue weighted by Crippen LogP contribution is 2.35. The van der Waals surface area contributed by atoms with Gasteiger partial charge in [0.05, 0.1) is 12.6 Å². The van der Waals surface area contributed by atoms with Crippen LogP contribution in [0.5, 0.6) is 0 Å². The summed E-state index contributed by atoms with van der Waals surface area (Å²) >= 11 is 6.63. The van der Waals surface area contributed by atoms with Crippen LogP contribution in [0.15, 0.2) is 36.5 Å². The number of esters is 1. The lowest BCUT2D eigenvalue weighted by Gasteiger charge is -2.28. The SMILES string of the molecule is COC(=O)C(Cl)(CN(C)C)c1cccc2cccnc12. The van der Waals surface area contributed by atoms with Crippen molar-refractivity contribution < 1.29 is 9.53 Å². The van der Waals surface area contributed by atoms with Gasteiger partial charge >= 0.3 is 5.97 Å². The lowest BCUT2D eigenvalue weighted by Crippen LogP contribution is -2.41. The standard InChI is InChI=1S/C15H17ClN2O2/c1-18(2)10-15(16,14(19)20-3)12-8-4-6-11-7-5-9-17-13(11)12/h4-9H,10H2,1-3H3. The zero-order valence-electron chi connectivity index (χ0n) is 11.8. The maximum absolute atomic E-state index is 12.2. The van der Waals surface area contributed by atoms with Crippen LogP contribution in [0.2, 0.25) is 0 Å². The lowest BCUT2D eigenvalue weighted by molar-refractivity contribution is -0.144. The number of alkyl halides is 1. The van der Waals surface area contributed by atoms with Gasteiger partial charge in [-0.3, -0.25) is 4.98 Å². The topological polar surface area (TPSA) is 42.4 Å². The molecule has 0 radical (unpaired) electrons. The number of ether oxygens (including phenoxy) is 1. The number of hydrogen-bond acceptors (Lipinski definition) is 4. The summed E-state index contributed by atoms with van der Waals surface area (Å²) in [6, 6.07) is 9.43. The molecule has 20 heavy (non-hydrogen) atoms. The Bertz CT molecular complexity index is 625. The zero-order chi connectivity index (χ0) is 14.8. The van der Waals surface area contributed by atoms with E-state index in [0.717, 1.165) is 10.9 Å². The molecule has 0 saturated carbocycles. The summed E-state index contributed by atoms with van der Waals surface area (Å²) in [7, 11) is 5.06. The monoisotopic (exact) mass is 292 g/mol. The average molecular weight is 293 g/mol. The number of aromatic nitrogens is 1. The molecule has 1 aromatic heterocycles. The number of fused-ring (bicyclic) bond motifs is 1. The number of likely N-dealkylation sites (N-methyl/N-ethyl adjacent to an activating group) is 1. The van der Waals surface area contributed by atoms with E-state index in [1.54, 1.807) is 6.20 Å². The van der Waals surface area contributed by atoms with Gasteiger partial charge in [0.25, 0.3) is 0 Å². The zero-order valence-corrected chi connectivity index (χ0v) is 12.5. The molecular formula is C15H17ClN2O2. The second kappa shape index (κ2) is 5.77. The molecule has 1 heterocycles. The third-order valence-corrected chi connectivity index (χ3v) is 3.58. The van der Waals surface area contributed by atoms with Crippen molar-refractivity contribution in [3.05, 3.63) is 42.1 Å². The van der Waals surface area contributed by atoms with Crippen LogP contribution in [0.4, 0.5) is 0 Å². The molecule has 0 bridgehead atoms. The number of para-hydroxylation sites is 1. The third-order valence-electron chi connectivity index (χ3n) is 3.10. The van der Waals surface area contributed by atoms with E-state index < -0.39 is 10.8 Å². The van der Waals surface area contributed by atoms with Crippen LogP contribution >= 0.6 is 11.6 Å². The molecule has 0 spiro atoms. The fraction of sp³-hybridized carbons (Fsp3) is 0.333. The predicted molar refractivity (Wildman–Crippen MR) is 79.8 cm³/mol. The number of hydrogen-bond donors (Lipinski definition) is 0. The maximum atomic E-state index is 12.2. The van der Waals surface area contributed by atoms with Gasteiger partial charge in [-0.25, -0.2) is 4.79 Å². The first-order chi connectivity index (χ1) is 9.49. The third kappa shape index (κ3) is 2.62. The smallest absolute Gasteiger partial charge is 0.332 e. The van der Waals surface area contributed by atoms with Gasteiger partial charge in [-0.2, -0.15) is 0 Å². The van der Waals surface area contributed by atoms with Gasteiger partial charge in [-0.1, -0.05) is 35.9 Å². The van der Waals surface area contributed by atoms with Crippen molar-refractivity contribution in [2.45, 2.75) is 4.87 Å². The fourth-order valence-corrected chi connectivity index (χ4v) is 2.75. The highest BCUT2D eigenvalue weighted by atomic mass is 35.5. The number of carbonyl (C=O) groups is 1. The maximum Gasteiger partial charge on any atom is 0.332 e. The number of carbonyl (C=O) groups excluding carboxylic acids is 1. The summed E-state index contributed by atoms with van der Waals surface area (Å²) in [4.78, 5) is 17.1. The fourth-order valence-electron chi connectivity index (χ4n) is 2.28. The van der Waals surface area contributed by atoms with E-state index in [2.05, 4.69) is 4.98 Å². The molecule has 1 unspecified atom stereocenters. The van der Waals surface area contributed by atoms with Crippen LogP contribution in [-0.4, -0.2) is 43.6 Å². The van der Waals surface area contributed by atoms with E-state index in [9.17, 15) is 4.79 Å². The minimum atomic E-state index is -1.27. The van der Waals surface area contributed by atoms with Crippen molar-refractivity contribution in [1.82, 2.24) is 9.88 Å². The number of halogens is 1. The van der Waals surface area contributed by atoms with E-state index in [0.29, 0.717) is 12.1 Å². The molecule has 0 aliphatic rings. The molecule has 0 aliphatic carbocycles. The minimum Gasteiger partial charge on any atom is -0.467 e. The summed E-state index contributed by atoms with van der Waals surface area (Å²) in [5.41, 5.74) is 1.38. The molecule has 0 saturated heterocycles. The van der Waals surface area contributed by atoms with Crippen molar-refractivity contribution in [1.29, 1.82) is 0 Å². The van der Waals surface area contributed by atoms with Crippen LogP contribution in [0.25, 0.3) is 10.9 Å². The van der Waals surface area contributed by atoms with E-state index in [-0.39, 0.29) is 0 Å². The molecule has 0 amide bonds. The van der Waals surface area contributed by atoms with Gasteiger partial charge in [0.2, 0.25) is 0 Å². The van der Waals surface area contributed by atoms with Gasteiger partial charge < -0.3 is 9.64 Å². The Morgan fingerprint density at radius 1 is 1.35 bits per heavy atom. The first-order valence-corrected chi connectivity index (χ1v) is 6.63. The van der Waals surface area contributed by atoms with Gasteiger partial charge in [0.1, 0.15) is 0 Å². The molecule has 0 N–H and O–H groups in total.